The Balaban J connectivity index is 1.51. The Morgan fingerprint density at radius 1 is 0.432 bits per heavy atom. The van der Waals surface area contributed by atoms with Gasteiger partial charge in [-0.15, -0.1) is 0 Å². The van der Waals surface area contributed by atoms with Crippen LogP contribution in [0.4, 0.5) is 0 Å². The Kier molecular flexibility index (Phi) is 6.31. The van der Waals surface area contributed by atoms with Gasteiger partial charge >= 0.3 is 0 Å². The summed E-state index contributed by atoms with van der Waals surface area (Å²) >= 11 is 0. The first kappa shape index (κ1) is 26.4. The molecule has 8 rings (SSSR count). The Labute approximate surface area is 260 Å². The van der Waals surface area contributed by atoms with Gasteiger partial charge in [-0.25, -0.2) is 0 Å². The van der Waals surface area contributed by atoms with Gasteiger partial charge in [-0.3, -0.25) is 0 Å². The van der Waals surface area contributed by atoms with Crippen LogP contribution in [-0.4, -0.2) is 0 Å². The minimum Gasteiger partial charge on any atom is -0.0622 e. The second-order valence-corrected chi connectivity index (χ2v) is 12.2. The van der Waals surface area contributed by atoms with E-state index in [4.69, 9.17) is 0 Å². The van der Waals surface area contributed by atoms with E-state index in [9.17, 15) is 0 Å². The number of rotatable bonds is 5. The van der Waals surface area contributed by atoms with E-state index in [-0.39, 0.29) is 0 Å². The molecule has 0 aromatic heterocycles. The first-order valence-corrected chi connectivity index (χ1v) is 15.6. The number of fused-ring (bicyclic) bond motifs is 4. The molecule has 0 saturated carbocycles. The fourth-order valence-corrected chi connectivity index (χ4v) is 7.64. The number of hydrogen-bond acceptors (Lipinski definition) is 0. The fraction of sp³-hybridized carbons (Fsp3) is 0.0909. The maximum Gasteiger partial charge on any atom is 0.0713 e. The molecule has 0 radical (unpaired) electrons. The van der Waals surface area contributed by atoms with Crippen LogP contribution in [0.25, 0.3) is 44.2 Å². The quantitative estimate of drug-likeness (QED) is 0.196. The van der Waals surface area contributed by atoms with E-state index < -0.39 is 5.41 Å². The molecule has 0 bridgehead atoms. The van der Waals surface area contributed by atoms with Crippen molar-refractivity contribution in [2.75, 3.05) is 0 Å². The van der Waals surface area contributed by atoms with Crippen molar-refractivity contribution < 1.29 is 0 Å². The topological polar surface area (TPSA) is 0 Å². The Morgan fingerprint density at radius 3 is 1.68 bits per heavy atom. The van der Waals surface area contributed by atoms with Crippen LogP contribution < -0.4 is 0 Å². The molecule has 210 valence electrons. The highest BCUT2D eigenvalue weighted by atomic mass is 14.5. The van der Waals surface area contributed by atoms with Gasteiger partial charge in [0.05, 0.1) is 5.41 Å². The molecule has 0 nitrogen and oxygen atoms in total. The molecule has 0 amide bonds. The molecule has 1 aliphatic carbocycles. The number of hydrogen-bond donors (Lipinski definition) is 0. The minimum absolute atomic E-state index is 0.357. The smallest absolute Gasteiger partial charge is 0.0622 e. The van der Waals surface area contributed by atoms with Gasteiger partial charge < -0.3 is 0 Å². The minimum atomic E-state index is -0.424. The van der Waals surface area contributed by atoms with Crippen LogP contribution in [0.1, 0.15) is 47.6 Å². The maximum absolute atomic E-state index is 2.51. The van der Waals surface area contributed by atoms with Crippen LogP contribution >= 0.6 is 0 Å². The van der Waals surface area contributed by atoms with Gasteiger partial charge in [0.1, 0.15) is 0 Å². The van der Waals surface area contributed by atoms with Gasteiger partial charge in [-0.2, -0.15) is 0 Å². The first-order valence-electron chi connectivity index (χ1n) is 15.6. The van der Waals surface area contributed by atoms with E-state index in [0.717, 1.165) is 0 Å². The summed E-state index contributed by atoms with van der Waals surface area (Å²) in [6, 6.07) is 60.7. The van der Waals surface area contributed by atoms with Gasteiger partial charge in [-0.05, 0) is 84.0 Å². The van der Waals surface area contributed by atoms with E-state index in [0.29, 0.717) is 5.92 Å². The molecular weight excluding hydrogens is 528 g/mol. The van der Waals surface area contributed by atoms with Crippen LogP contribution in [0.3, 0.4) is 0 Å². The highest BCUT2D eigenvalue weighted by Gasteiger charge is 2.46. The first-order chi connectivity index (χ1) is 21.7. The van der Waals surface area contributed by atoms with Crippen LogP contribution in [0.2, 0.25) is 0 Å². The van der Waals surface area contributed by atoms with E-state index in [1.165, 1.54) is 72.0 Å². The van der Waals surface area contributed by atoms with Gasteiger partial charge in [0.2, 0.25) is 0 Å². The zero-order chi connectivity index (χ0) is 29.7. The third-order valence-corrected chi connectivity index (χ3v) is 9.51. The van der Waals surface area contributed by atoms with Crippen molar-refractivity contribution in [2.45, 2.75) is 25.2 Å². The third-order valence-electron chi connectivity index (χ3n) is 9.51. The molecule has 7 aromatic carbocycles. The molecule has 7 aromatic rings. The zero-order valence-electron chi connectivity index (χ0n) is 25.2. The fourth-order valence-electron chi connectivity index (χ4n) is 7.64. The van der Waals surface area contributed by atoms with Crippen LogP contribution in [0.15, 0.2) is 164 Å². The standard InChI is InChI=1S/C44H34/c1-30(2)39-28-32-18-12-13-23-36(32)42(31-16-6-3-7-17-31)43(39)33-26-27-38-37-24-14-15-25-40(37)44(41(38)29-33,34-19-8-4-9-20-34)35-21-10-5-11-22-35/h3-30H,1-2H3. The average molecular weight is 563 g/mol. The monoisotopic (exact) mass is 562 g/mol. The third kappa shape index (κ3) is 3.91. The molecule has 0 aliphatic heterocycles. The lowest BCUT2D eigenvalue weighted by Crippen LogP contribution is -2.28. The molecule has 0 heteroatoms. The Hall–Kier alpha value is -5.20. The molecule has 0 fully saturated rings. The van der Waals surface area contributed by atoms with Crippen LogP contribution in [0.5, 0.6) is 0 Å². The van der Waals surface area contributed by atoms with Crippen LogP contribution in [0, 0.1) is 0 Å². The lowest BCUT2D eigenvalue weighted by molar-refractivity contribution is 0.768. The SMILES string of the molecule is CC(C)c1cc2ccccc2c(-c2ccccc2)c1-c1ccc2c(c1)C(c1ccccc1)(c1ccccc1)c1ccccc1-2. The Morgan fingerprint density at radius 2 is 1.00 bits per heavy atom. The molecule has 1 aliphatic rings. The zero-order valence-corrected chi connectivity index (χ0v) is 25.2. The molecule has 0 N–H and O–H groups in total. The summed E-state index contributed by atoms with van der Waals surface area (Å²) in [6.45, 7) is 4.65. The average Bonchev–Trinajstić information content (AvgIpc) is 3.39. The van der Waals surface area contributed by atoms with Crippen molar-refractivity contribution in [1.29, 1.82) is 0 Å². The van der Waals surface area contributed by atoms with E-state index >= 15 is 0 Å². The molecular formula is C44H34. The predicted octanol–water partition coefficient (Wildman–Crippen LogP) is 11.7. The highest BCUT2D eigenvalue weighted by molar-refractivity contribution is 6.06. The van der Waals surface area contributed by atoms with Crippen molar-refractivity contribution in [1.82, 2.24) is 0 Å². The molecule has 0 saturated heterocycles. The summed E-state index contributed by atoms with van der Waals surface area (Å²) in [5.74, 6) is 0.357. The van der Waals surface area contributed by atoms with Crippen molar-refractivity contribution in [3.63, 3.8) is 0 Å². The van der Waals surface area contributed by atoms with Crippen LogP contribution in [-0.2, 0) is 5.41 Å². The largest absolute Gasteiger partial charge is 0.0713 e. The van der Waals surface area contributed by atoms with Gasteiger partial charge in [0.15, 0.2) is 0 Å². The summed E-state index contributed by atoms with van der Waals surface area (Å²) in [4.78, 5) is 0. The molecule has 0 unspecified atom stereocenters. The highest BCUT2D eigenvalue weighted by Crippen LogP contribution is 2.57. The molecule has 44 heavy (non-hydrogen) atoms. The van der Waals surface area contributed by atoms with Crippen molar-refractivity contribution in [3.05, 3.63) is 192 Å². The van der Waals surface area contributed by atoms with E-state index in [1.54, 1.807) is 0 Å². The molecule has 0 atom stereocenters. The normalized spacial score (nSPS) is 13.2. The van der Waals surface area contributed by atoms with Gasteiger partial charge in [0.25, 0.3) is 0 Å². The van der Waals surface area contributed by atoms with Gasteiger partial charge in [0, 0.05) is 0 Å². The van der Waals surface area contributed by atoms with Gasteiger partial charge in [-0.1, -0.05) is 172 Å². The number of benzene rings is 7. The Bertz CT molecular complexity index is 2080. The summed E-state index contributed by atoms with van der Waals surface area (Å²) in [7, 11) is 0. The molecule has 0 heterocycles. The van der Waals surface area contributed by atoms with E-state index in [1.807, 2.05) is 0 Å². The van der Waals surface area contributed by atoms with E-state index in [2.05, 4.69) is 178 Å². The predicted molar refractivity (Wildman–Crippen MR) is 186 cm³/mol. The maximum atomic E-state index is 2.51. The summed E-state index contributed by atoms with van der Waals surface area (Å²) in [5.41, 5.74) is 14.0. The van der Waals surface area contributed by atoms with Crippen molar-refractivity contribution in [2.24, 2.45) is 0 Å². The second-order valence-electron chi connectivity index (χ2n) is 12.2. The summed E-state index contributed by atoms with van der Waals surface area (Å²) in [5, 5.41) is 2.58. The summed E-state index contributed by atoms with van der Waals surface area (Å²) in [6.07, 6.45) is 0. The lowest BCUT2D eigenvalue weighted by atomic mass is 9.67. The molecule has 0 spiro atoms. The van der Waals surface area contributed by atoms with Crippen molar-refractivity contribution in [3.8, 4) is 33.4 Å². The van der Waals surface area contributed by atoms with Crippen molar-refractivity contribution >= 4 is 10.8 Å². The lowest BCUT2D eigenvalue weighted by Gasteiger charge is -2.34. The second kappa shape index (κ2) is 10.5. The summed E-state index contributed by atoms with van der Waals surface area (Å²) < 4.78 is 0.